The number of benzene rings is 3. The summed E-state index contributed by atoms with van der Waals surface area (Å²) in [6.45, 7) is 6.86. The van der Waals surface area contributed by atoms with Crippen LogP contribution in [-0.4, -0.2) is 57.4 Å². The standard InChI is InChI=1S/C26H30N4O3S/c1-20-6-3-10-24(16-20)28-34(32,33)25-11-5-8-22(18-25)26(31)27-23-9-4-7-21(17-23)19-30-14-12-29(2)13-15-30/h3-11,16-18,28H,12-15,19H2,1-2H3,(H,27,31). The molecule has 0 spiro atoms. The second-order valence-electron chi connectivity index (χ2n) is 8.74. The lowest BCUT2D eigenvalue weighted by Gasteiger charge is -2.32. The number of anilines is 2. The Balaban J connectivity index is 1.44. The van der Waals surface area contributed by atoms with E-state index in [4.69, 9.17) is 0 Å². The van der Waals surface area contributed by atoms with Gasteiger partial charge in [-0.1, -0.05) is 30.3 Å². The fourth-order valence-electron chi connectivity index (χ4n) is 3.94. The van der Waals surface area contributed by atoms with Crippen molar-refractivity contribution in [3.05, 3.63) is 89.5 Å². The van der Waals surface area contributed by atoms with Crippen LogP contribution in [0.4, 0.5) is 11.4 Å². The number of sulfonamides is 1. The van der Waals surface area contributed by atoms with Crippen molar-refractivity contribution in [1.82, 2.24) is 9.80 Å². The minimum Gasteiger partial charge on any atom is -0.322 e. The molecule has 1 aliphatic rings. The lowest BCUT2D eigenvalue weighted by molar-refractivity contribution is 0.102. The zero-order valence-corrected chi connectivity index (χ0v) is 20.3. The van der Waals surface area contributed by atoms with Crippen LogP contribution in [0.3, 0.4) is 0 Å². The van der Waals surface area contributed by atoms with Crippen molar-refractivity contribution < 1.29 is 13.2 Å². The number of nitrogens with one attached hydrogen (secondary N) is 2. The number of aryl methyl sites for hydroxylation is 1. The molecule has 0 saturated carbocycles. The molecule has 3 aromatic carbocycles. The van der Waals surface area contributed by atoms with Gasteiger partial charge in [-0.25, -0.2) is 8.42 Å². The molecule has 0 radical (unpaired) electrons. The molecule has 0 atom stereocenters. The van der Waals surface area contributed by atoms with Gasteiger partial charge in [-0.3, -0.25) is 14.4 Å². The third-order valence-electron chi connectivity index (χ3n) is 5.86. The Morgan fingerprint density at radius 1 is 0.882 bits per heavy atom. The van der Waals surface area contributed by atoms with E-state index >= 15 is 0 Å². The van der Waals surface area contributed by atoms with E-state index in [0.29, 0.717) is 11.4 Å². The summed E-state index contributed by atoms with van der Waals surface area (Å²) in [6, 6.07) is 21.0. The van der Waals surface area contributed by atoms with Gasteiger partial charge in [0.05, 0.1) is 4.90 Å². The summed E-state index contributed by atoms with van der Waals surface area (Å²) in [7, 11) is -1.69. The Morgan fingerprint density at radius 3 is 2.35 bits per heavy atom. The highest BCUT2D eigenvalue weighted by Crippen LogP contribution is 2.20. The van der Waals surface area contributed by atoms with Crippen LogP contribution in [-0.2, 0) is 16.6 Å². The number of likely N-dealkylation sites (N-methyl/N-ethyl adjacent to an activating group) is 1. The van der Waals surface area contributed by atoms with Gasteiger partial charge < -0.3 is 10.2 Å². The third-order valence-corrected chi connectivity index (χ3v) is 7.24. The molecule has 34 heavy (non-hydrogen) atoms. The van der Waals surface area contributed by atoms with Gasteiger partial charge in [-0.15, -0.1) is 0 Å². The molecule has 1 aliphatic heterocycles. The molecule has 0 aliphatic carbocycles. The molecule has 8 heteroatoms. The third kappa shape index (κ3) is 6.22. The summed E-state index contributed by atoms with van der Waals surface area (Å²) >= 11 is 0. The van der Waals surface area contributed by atoms with E-state index in [-0.39, 0.29) is 16.4 Å². The highest BCUT2D eigenvalue weighted by molar-refractivity contribution is 7.92. The lowest BCUT2D eigenvalue weighted by Crippen LogP contribution is -2.43. The predicted octanol–water partition coefficient (Wildman–Crippen LogP) is 3.80. The number of carbonyl (C=O) groups excluding carboxylic acids is 1. The maximum Gasteiger partial charge on any atom is 0.261 e. The van der Waals surface area contributed by atoms with Gasteiger partial charge in [-0.05, 0) is 67.6 Å². The van der Waals surface area contributed by atoms with Crippen LogP contribution < -0.4 is 10.0 Å². The van der Waals surface area contributed by atoms with Crippen molar-refractivity contribution in [1.29, 1.82) is 0 Å². The van der Waals surface area contributed by atoms with E-state index in [1.165, 1.54) is 12.1 Å². The highest BCUT2D eigenvalue weighted by Gasteiger charge is 2.17. The van der Waals surface area contributed by atoms with Crippen molar-refractivity contribution in [3.63, 3.8) is 0 Å². The molecule has 1 saturated heterocycles. The van der Waals surface area contributed by atoms with Crippen molar-refractivity contribution >= 4 is 27.3 Å². The fraction of sp³-hybridized carbons (Fsp3) is 0.269. The molecule has 1 fully saturated rings. The summed E-state index contributed by atoms with van der Waals surface area (Å²) in [5.41, 5.74) is 3.51. The number of nitrogens with zero attached hydrogens (tertiary/aromatic N) is 2. The molecule has 2 N–H and O–H groups in total. The van der Waals surface area contributed by atoms with Crippen LogP contribution in [0.15, 0.2) is 77.7 Å². The highest BCUT2D eigenvalue weighted by atomic mass is 32.2. The maximum absolute atomic E-state index is 12.9. The summed E-state index contributed by atoms with van der Waals surface area (Å²) in [5.74, 6) is -0.357. The zero-order chi connectivity index (χ0) is 24.1. The van der Waals surface area contributed by atoms with Crippen molar-refractivity contribution in [2.24, 2.45) is 0 Å². The van der Waals surface area contributed by atoms with Gasteiger partial charge in [0, 0.05) is 49.7 Å². The molecule has 4 rings (SSSR count). The number of rotatable bonds is 7. The van der Waals surface area contributed by atoms with Crippen LogP contribution in [0, 0.1) is 6.92 Å². The number of amides is 1. The molecule has 1 amide bonds. The van der Waals surface area contributed by atoms with Crippen LogP contribution in [0.1, 0.15) is 21.5 Å². The first-order valence-corrected chi connectivity index (χ1v) is 12.8. The van der Waals surface area contributed by atoms with Crippen LogP contribution in [0.2, 0.25) is 0 Å². The summed E-state index contributed by atoms with van der Waals surface area (Å²) < 4.78 is 28.3. The Hall–Kier alpha value is -3.20. The summed E-state index contributed by atoms with van der Waals surface area (Å²) in [4.78, 5) is 17.6. The molecule has 1 heterocycles. The minimum absolute atomic E-state index is 0.0328. The Bertz CT molecular complexity index is 1270. The zero-order valence-electron chi connectivity index (χ0n) is 19.5. The smallest absolute Gasteiger partial charge is 0.261 e. The number of hydrogen-bond donors (Lipinski definition) is 2. The Labute approximate surface area is 201 Å². The van der Waals surface area contributed by atoms with Gasteiger partial charge >= 0.3 is 0 Å². The first-order valence-electron chi connectivity index (χ1n) is 11.3. The molecular weight excluding hydrogens is 448 g/mol. The molecule has 3 aromatic rings. The van der Waals surface area contributed by atoms with Gasteiger partial charge in [0.15, 0.2) is 0 Å². The maximum atomic E-state index is 12.9. The van der Waals surface area contributed by atoms with Gasteiger partial charge in [0.2, 0.25) is 0 Å². The van der Waals surface area contributed by atoms with Gasteiger partial charge in [0.25, 0.3) is 15.9 Å². The first-order chi connectivity index (χ1) is 16.3. The number of hydrogen-bond acceptors (Lipinski definition) is 5. The molecule has 0 bridgehead atoms. The van der Waals surface area contributed by atoms with Crippen LogP contribution in [0.25, 0.3) is 0 Å². The van der Waals surface area contributed by atoms with Crippen molar-refractivity contribution in [2.45, 2.75) is 18.4 Å². The topological polar surface area (TPSA) is 81.7 Å². The average molecular weight is 479 g/mol. The largest absolute Gasteiger partial charge is 0.322 e. The molecule has 178 valence electrons. The van der Waals surface area contributed by atoms with Crippen LogP contribution >= 0.6 is 0 Å². The Morgan fingerprint density at radius 2 is 1.59 bits per heavy atom. The quantitative estimate of drug-likeness (QED) is 0.540. The normalized spacial score (nSPS) is 15.1. The first kappa shape index (κ1) is 23.9. The lowest BCUT2D eigenvalue weighted by atomic mass is 10.1. The second-order valence-corrected chi connectivity index (χ2v) is 10.4. The van der Waals surface area contributed by atoms with Gasteiger partial charge in [-0.2, -0.15) is 0 Å². The number of carbonyl (C=O) groups is 1. The van der Waals surface area contributed by atoms with E-state index in [2.05, 4.69) is 33.0 Å². The average Bonchev–Trinajstić information content (AvgIpc) is 2.81. The minimum atomic E-state index is -3.82. The van der Waals surface area contributed by atoms with Crippen LogP contribution in [0.5, 0.6) is 0 Å². The monoisotopic (exact) mass is 478 g/mol. The summed E-state index contributed by atoms with van der Waals surface area (Å²) in [6.07, 6.45) is 0. The van der Waals surface area contributed by atoms with E-state index in [1.807, 2.05) is 31.2 Å². The molecule has 0 aromatic heterocycles. The molecular formula is C26H30N4O3S. The van der Waals surface area contributed by atoms with E-state index in [1.54, 1.807) is 30.3 Å². The van der Waals surface area contributed by atoms with Gasteiger partial charge in [0.1, 0.15) is 0 Å². The van der Waals surface area contributed by atoms with Crippen molar-refractivity contribution in [3.8, 4) is 0 Å². The van der Waals surface area contributed by atoms with E-state index < -0.39 is 10.0 Å². The van der Waals surface area contributed by atoms with E-state index in [0.717, 1.165) is 43.9 Å². The summed E-state index contributed by atoms with van der Waals surface area (Å²) in [5, 5.41) is 2.90. The second kappa shape index (κ2) is 10.4. The van der Waals surface area contributed by atoms with Crippen molar-refractivity contribution in [2.75, 3.05) is 43.3 Å². The fourth-order valence-corrected chi connectivity index (χ4v) is 5.04. The Kier molecular flexibility index (Phi) is 7.31. The molecule has 0 unspecified atom stereocenters. The number of piperazine rings is 1. The van der Waals surface area contributed by atoms with E-state index in [9.17, 15) is 13.2 Å². The SMILES string of the molecule is Cc1cccc(NS(=O)(=O)c2cccc(C(=O)Nc3cccc(CN4CCN(C)CC4)c3)c2)c1. The predicted molar refractivity (Wildman–Crippen MR) is 136 cm³/mol. The molecule has 7 nitrogen and oxygen atoms in total.